The largest absolute Gasteiger partial charge is 0.478 e. The van der Waals surface area contributed by atoms with Gasteiger partial charge < -0.3 is 10.4 Å². The number of para-hydroxylation sites is 1. The Morgan fingerprint density at radius 1 is 1.26 bits per heavy atom. The van der Waals surface area contributed by atoms with Crippen LogP contribution in [-0.4, -0.2) is 16.1 Å². The van der Waals surface area contributed by atoms with Gasteiger partial charge in [0.15, 0.2) is 0 Å². The van der Waals surface area contributed by atoms with Crippen molar-refractivity contribution in [1.29, 1.82) is 0 Å². The number of carboxylic acids is 1. The Bertz CT molecular complexity index is 609. The smallest absolute Gasteiger partial charge is 0.337 e. The van der Waals surface area contributed by atoms with E-state index in [9.17, 15) is 9.90 Å². The molecular formula is C15H16N2O2. The molecule has 2 N–H and O–H groups in total. The van der Waals surface area contributed by atoms with Gasteiger partial charge >= 0.3 is 5.97 Å². The van der Waals surface area contributed by atoms with E-state index in [2.05, 4.69) is 10.3 Å². The molecule has 0 aliphatic heterocycles. The van der Waals surface area contributed by atoms with Crippen molar-refractivity contribution in [2.75, 3.05) is 5.32 Å². The van der Waals surface area contributed by atoms with Crippen LogP contribution >= 0.6 is 0 Å². The van der Waals surface area contributed by atoms with Crippen molar-refractivity contribution in [3.8, 4) is 0 Å². The molecule has 98 valence electrons. The summed E-state index contributed by atoms with van der Waals surface area (Å²) in [5.74, 6) is -0.919. The van der Waals surface area contributed by atoms with Crippen LogP contribution in [0.2, 0.25) is 0 Å². The standard InChI is InChI=1S/C15H16N2O2/c1-10-4-3-5-13(15(18)19)14(10)17-9-12-6-7-16-8-11(12)2/h3-8,17H,9H2,1-2H3,(H,18,19). The first kappa shape index (κ1) is 13.1. The summed E-state index contributed by atoms with van der Waals surface area (Å²) >= 11 is 0. The lowest BCUT2D eigenvalue weighted by atomic mass is 10.1. The second-order valence-electron chi connectivity index (χ2n) is 4.46. The number of pyridine rings is 1. The second kappa shape index (κ2) is 5.52. The number of aromatic carboxylic acids is 1. The Hall–Kier alpha value is -2.36. The summed E-state index contributed by atoms with van der Waals surface area (Å²) in [6, 6.07) is 7.19. The monoisotopic (exact) mass is 256 g/mol. The highest BCUT2D eigenvalue weighted by Crippen LogP contribution is 2.21. The Balaban J connectivity index is 2.25. The Morgan fingerprint density at radius 2 is 2.05 bits per heavy atom. The number of carboxylic acid groups (broad SMARTS) is 1. The van der Waals surface area contributed by atoms with Gasteiger partial charge in [-0.1, -0.05) is 12.1 Å². The fourth-order valence-corrected chi connectivity index (χ4v) is 1.96. The first-order valence-electron chi connectivity index (χ1n) is 6.06. The van der Waals surface area contributed by atoms with Gasteiger partial charge in [0, 0.05) is 18.9 Å². The molecule has 0 aliphatic rings. The van der Waals surface area contributed by atoms with E-state index in [1.165, 1.54) is 0 Å². The molecule has 2 rings (SSSR count). The van der Waals surface area contributed by atoms with Crippen molar-refractivity contribution >= 4 is 11.7 Å². The first-order valence-corrected chi connectivity index (χ1v) is 6.06. The van der Waals surface area contributed by atoms with E-state index in [0.717, 1.165) is 16.7 Å². The van der Waals surface area contributed by atoms with Crippen molar-refractivity contribution in [1.82, 2.24) is 4.98 Å². The van der Waals surface area contributed by atoms with E-state index in [4.69, 9.17) is 0 Å². The topological polar surface area (TPSA) is 62.2 Å². The van der Waals surface area contributed by atoms with Crippen molar-refractivity contribution in [2.24, 2.45) is 0 Å². The number of hydrogen-bond acceptors (Lipinski definition) is 3. The lowest BCUT2D eigenvalue weighted by molar-refractivity contribution is 0.0698. The minimum atomic E-state index is -0.919. The maximum absolute atomic E-state index is 11.2. The van der Waals surface area contributed by atoms with Gasteiger partial charge in [-0.05, 0) is 42.7 Å². The molecule has 0 radical (unpaired) electrons. The summed E-state index contributed by atoms with van der Waals surface area (Å²) in [6.07, 6.45) is 3.53. The fourth-order valence-electron chi connectivity index (χ4n) is 1.96. The van der Waals surface area contributed by atoms with Gasteiger partial charge in [-0.2, -0.15) is 0 Å². The summed E-state index contributed by atoms with van der Waals surface area (Å²) < 4.78 is 0. The molecule has 1 aromatic carbocycles. The Kier molecular flexibility index (Phi) is 3.80. The van der Waals surface area contributed by atoms with E-state index < -0.39 is 5.97 Å². The number of nitrogens with one attached hydrogen (secondary N) is 1. The molecule has 0 saturated heterocycles. The Labute approximate surface area is 112 Å². The summed E-state index contributed by atoms with van der Waals surface area (Å²) in [5, 5.41) is 12.4. The van der Waals surface area contributed by atoms with Gasteiger partial charge in [0.2, 0.25) is 0 Å². The summed E-state index contributed by atoms with van der Waals surface area (Å²) in [6.45, 7) is 4.47. The lowest BCUT2D eigenvalue weighted by Crippen LogP contribution is -2.08. The van der Waals surface area contributed by atoms with Crippen LogP contribution in [0.4, 0.5) is 5.69 Å². The first-order chi connectivity index (χ1) is 9.09. The van der Waals surface area contributed by atoms with Crippen LogP contribution < -0.4 is 5.32 Å². The lowest BCUT2D eigenvalue weighted by Gasteiger charge is -2.13. The zero-order valence-electron chi connectivity index (χ0n) is 11.0. The maximum Gasteiger partial charge on any atom is 0.337 e. The average Bonchev–Trinajstić information content (AvgIpc) is 2.38. The zero-order valence-corrected chi connectivity index (χ0v) is 11.0. The predicted octanol–water partition coefficient (Wildman–Crippen LogP) is 3.01. The molecule has 0 saturated carbocycles. The SMILES string of the molecule is Cc1cnccc1CNc1c(C)cccc1C(=O)O. The van der Waals surface area contributed by atoms with Crippen LogP contribution in [-0.2, 0) is 6.54 Å². The van der Waals surface area contributed by atoms with Crippen LogP contribution in [0.5, 0.6) is 0 Å². The quantitative estimate of drug-likeness (QED) is 0.882. The van der Waals surface area contributed by atoms with E-state index in [-0.39, 0.29) is 0 Å². The number of anilines is 1. The number of benzene rings is 1. The summed E-state index contributed by atoms with van der Waals surface area (Å²) in [5.41, 5.74) is 4.08. The number of aryl methyl sites for hydroxylation is 2. The van der Waals surface area contributed by atoms with Gasteiger partial charge in [-0.3, -0.25) is 4.98 Å². The molecule has 19 heavy (non-hydrogen) atoms. The third kappa shape index (κ3) is 2.91. The molecule has 1 aromatic heterocycles. The molecular weight excluding hydrogens is 240 g/mol. The summed E-state index contributed by atoms with van der Waals surface area (Å²) in [7, 11) is 0. The third-order valence-electron chi connectivity index (χ3n) is 3.10. The fraction of sp³-hybridized carbons (Fsp3) is 0.200. The van der Waals surface area contributed by atoms with Crippen LogP contribution in [0.25, 0.3) is 0 Å². The molecule has 0 spiro atoms. The van der Waals surface area contributed by atoms with Crippen LogP contribution in [0.15, 0.2) is 36.7 Å². The molecule has 0 fully saturated rings. The minimum absolute atomic E-state index is 0.298. The van der Waals surface area contributed by atoms with Crippen molar-refractivity contribution < 1.29 is 9.90 Å². The second-order valence-corrected chi connectivity index (χ2v) is 4.46. The summed E-state index contributed by atoms with van der Waals surface area (Å²) in [4.78, 5) is 15.2. The van der Waals surface area contributed by atoms with Gasteiger partial charge in [-0.25, -0.2) is 4.79 Å². The molecule has 0 bridgehead atoms. The highest BCUT2D eigenvalue weighted by Gasteiger charge is 2.11. The van der Waals surface area contributed by atoms with Crippen molar-refractivity contribution in [2.45, 2.75) is 20.4 Å². The van der Waals surface area contributed by atoms with E-state index in [1.807, 2.05) is 26.0 Å². The number of hydrogen-bond donors (Lipinski definition) is 2. The highest BCUT2D eigenvalue weighted by atomic mass is 16.4. The van der Waals surface area contributed by atoms with E-state index >= 15 is 0 Å². The van der Waals surface area contributed by atoms with E-state index in [1.54, 1.807) is 24.5 Å². The average molecular weight is 256 g/mol. The maximum atomic E-state index is 11.2. The number of aromatic nitrogens is 1. The van der Waals surface area contributed by atoms with Crippen LogP contribution in [0.1, 0.15) is 27.0 Å². The zero-order chi connectivity index (χ0) is 13.8. The van der Waals surface area contributed by atoms with E-state index in [0.29, 0.717) is 17.8 Å². The number of nitrogens with zero attached hydrogens (tertiary/aromatic N) is 1. The van der Waals surface area contributed by atoms with Gasteiger partial charge in [-0.15, -0.1) is 0 Å². The Morgan fingerprint density at radius 3 is 2.74 bits per heavy atom. The molecule has 2 aromatic rings. The molecule has 1 heterocycles. The number of rotatable bonds is 4. The van der Waals surface area contributed by atoms with Crippen molar-refractivity contribution in [3.05, 3.63) is 58.9 Å². The number of carbonyl (C=O) groups is 1. The van der Waals surface area contributed by atoms with Crippen LogP contribution in [0, 0.1) is 13.8 Å². The molecule has 0 aliphatic carbocycles. The minimum Gasteiger partial charge on any atom is -0.478 e. The van der Waals surface area contributed by atoms with Gasteiger partial charge in [0.25, 0.3) is 0 Å². The molecule has 0 amide bonds. The molecule has 4 heteroatoms. The van der Waals surface area contributed by atoms with Gasteiger partial charge in [0.1, 0.15) is 0 Å². The molecule has 0 unspecified atom stereocenters. The molecule has 4 nitrogen and oxygen atoms in total. The predicted molar refractivity (Wildman–Crippen MR) is 74.4 cm³/mol. The van der Waals surface area contributed by atoms with Crippen LogP contribution in [0.3, 0.4) is 0 Å². The van der Waals surface area contributed by atoms with Crippen molar-refractivity contribution in [3.63, 3.8) is 0 Å². The third-order valence-corrected chi connectivity index (χ3v) is 3.10. The molecule has 0 atom stereocenters. The normalized spacial score (nSPS) is 10.2. The highest BCUT2D eigenvalue weighted by molar-refractivity contribution is 5.95. The van der Waals surface area contributed by atoms with Gasteiger partial charge in [0.05, 0.1) is 11.3 Å².